The van der Waals surface area contributed by atoms with E-state index in [1.807, 2.05) is 44.2 Å². The standard InChI is InChI=1S/C27H34Cl2N2O2S/c1-3-25(27(33)30-23-11-5-4-6-12-23)31(16-20-10-8-7-9-19(20)2)26(32)18-34-17-21-13-14-22(28)15-24(21)29/h7-10,13-15,23,25H,3-6,11-12,16-18H2,1-2H3,(H,30,33). The Hall–Kier alpha value is -1.69. The van der Waals surface area contributed by atoms with Gasteiger partial charge in [-0.3, -0.25) is 9.59 Å². The number of carbonyl (C=O) groups excluding carboxylic acids is 2. The van der Waals surface area contributed by atoms with E-state index < -0.39 is 6.04 Å². The second-order valence-electron chi connectivity index (χ2n) is 8.94. The third-order valence-corrected chi connectivity index (χ3v) is 7.99. The Morgan fingerprint density at radius 2 is 1.82 bits per heavy atom. The summed E-state index contributed by atoms with van der Waals surface area (Å²) in [5, 5.41) is 4.42. The molecule has 1 fully saturated rings. The van der Waals surface area contributed by atoms with Gasteiger partial charge in [0.15, 0.2) is 0 Å². The lowest BCUT2D eigenvalue weighted by Crippen LogP contribution is -2.52. The smallest absolute Gasteiger partial charge is 0.243 e. The molecule has 2 aromatic rings. The number of thioether (sulfide) groups is 1. The Balaban J connectivity index is 1.72. The van der Waals surface area contributed by atoms with Gasteiger partial charge in [0.05, 0.1) is 5.75 Å². The summed E-state index contributed by atoms with van der Waals surface area (Å²) in [5.74, 6) is 0.800. The maximum atomic E-state index is 13.5. The predicted octanol–water partition coefficient (Wildman–Crippen LogP) is 6.79. The Morgan fingerprint density at radius 1 is 1.09 bits per heavy atom. The molecule has 0 radical (unpaired) electrons. The fraction of sp³-hybridized carbons (Fsp3) is 0.481. The minimum atomic E-state index is -0.492. The number of benzene rings is 2. The number of rotatable bonds is 10. The maximum absolute atomic E-state index is 13.5. The van der Waals surface area contributed by atoms with Crippen LogP contribution in [0.5, 0.6) is 0 Å². The van der Waals surface area contributed by atoms with Crippen LogP contribution in [0.3, 0.4) is 0 Å². The molecule has 1 unspecified atom stereocenters. The van der Waals surface area contributed by atoms with E-state index in [2.05, 4.69) is 5.32 Å². The number of aryl methyl sites for hydroxylation is 1. The number of nitrogens with zero attached hydrogens (tertiary/aromatic N) is 1. The molecule has 184 valence electrons. The quantitative estimate of drug-likeness (QED) is 0.375. The zero-order valence-corrected chi connectivity index (χ0v) is 22.3. The van der Waals surface area contributed by atoms with Crippen molar-refractivity contribution in [3.8, 4) is 0 Å². The number of amides is 2. The molecular formula is C27H34Cl2N2O2S. The van der Waals surface area contributed by atoms with Gasteiger partial charge in [-0.1, -0.05) is 79.7 Å². The molecule has 1 atom stereocenters. The summed E-state index contributed by atoms with van der Waals surface area (Å²) in [6, 6.07) is 13.2. The third-order valence-electron chi connectivity index (χ3n) is 6.44. The Kier molecular flexibility index (Phi) is 10.6. The molecule has 1 aliphatic rings. The Morgan fingerprint density at radius 3 is 2.50 bits per heavy atom. The van der Waals surface area contributed by atoms with Crippen LogP contribution in [0.4, 0.5) is 0 Å². The van der Waals surface area contributed by atoms with Crippen molar-refractivity contribution >= 4 is 46.8 Å². The normalized spacial score (nSPS) is 15.1. The first kappa shape index (κ1) is 26.9. The van der Waals surface area contributed by atoms with Crippen molar-refractivity contribution in [2.75, 3.05) is 5.75 Å². The highest BCUT2D eigenvalue weighted by atomic mass is 35.5. The van der Waals surface area contributed by atoms with Crippen molar-refractivity contribution in [2.45, 2.75) is 76.8 Å². The van der Waals surface area contributed by atoms with Crippen LogP contribution < -0.4 is 5.32 Å². The van der Waals surface area contributed by atoms with Crippen molar-refractivity contribution in [3.63, 3.8) is 0 Å². The second-order valence-corrected chi connectivity index (χ2v) is 10.8. The van der Waals surface area contributed by atoms with E-state index in [0.29, 0.717) is 28.8 Å². The summed E-state index contributed by atoms with van der Waals surface area (Å²) < 4.78 is 0. The van der Waals surface area contributed by atoms with Crippen LogP contribution in [0.2, 0.25) is 10.0 Å². The highest BCUT2D eigenvalue weighted by molar-refractivity contribution is 7.99. The van der Waals surface area contributed by atoms with Gasteiger partial charge < -0.3 is 10.2 Å². The van der Waals surface area contributed by atoms with Crippen molar-refractivity contribution in [1.82, 2.24) is 10.2 Å². The molecule has 0 aromatic heterocycles. The fourth-order valence-corrected chi connectivity index (χ4v) is 5.87. The molecule has 2 amide bonds. The molecule has 0 bridgehead atoms. The van der Waals surface area contributed by atoms with Gasteiger partial charge in [0.2, 0.25) is 11.8 Å². The largest absolute Gasteiger partial charge is 0.352 e. The average molecular weight is 522 g/mol. The minimum Gasteiger partial charge on any atom is -0.352 e. The number of hydrogen-bond acceptors (Lipinski definition) is 3. The molecule has 0 saturated heterocycles. The molecule has 1 saturated carbocycles. The maximum Gasteiger partial charge on any atom is 0.243 e. The van der Waals surface area contributed by atoms with E-state index in [1.54, 1.807) is 17.0 Å². The summed E-state index contributed by atoms with van der Waals surface area (Å²) in [7, 11) is 0. The highest BCUT2D eigenvalue weighted by Crippen LogP contribution is 2.26. The first-order valence-electron chi connectivity index (χ1n) is 12.0. The molecule has 3 rings (SSSR count). The summed E-state index contributed by atoms with van der Waals surface area (Å²) in [6.07, 6.45) is 6.15. The lowest BCUT2D eigenvalue weighted by molar-refractivity contribution is -0.139. The van der Waals surface area contributed by atoms with Gasteiger partial charge in [0.25, 0.3) is 0 Å². The number of nitrogens with one attached hydrogen (secondary N) is 1. The van der Waals surface area contributed by atoms with Crippen LogP contribution in [-0.4, -0.2) is 34.6 Å². The van der Waals surface area contributed by atoms with Crippen molar-refractivity contribution in [1.29, 1.82) is 0 Å². The first-order valence-corrected chi connectivity index (χ1v) is 14.0. The van der Waals surface area contributed by atoms with Crippen LogP contribution in [0.25, 0.3) is 0 Å². The van der Waals surface area contributed by atoms with E-state index in [4.69, 9.17) is 23.2 Å². The van der Waals surface area contributed by atoms with E-state index in [0.717, 1.165) is 42.4 Å². The molecule has 1 aliphatic carbocycles. The molecule has 0 spiro atoms. The van der Waals surface area contributed by atoms with E-state index in [-0.39, 0.29) is 23.6 Å². The Labute approximate surface area is 217 Å². The van der Waals surface area contributed by atoms with Gasteiger partial charge in [-0.2, -0.15) is 0 Å². The van der Waals surface area contributed by atoms with E-state index in [1.165, 1.54) is 18.2 Å². The molecule has 0 aliphatic heterocycles. The van der Waals surface area contributed by atoms with Crippen molar-refractivity contribution in [3.05, 3.63) is 69.2 Å². The van der Waals surface area contributed by atoms with Gasteiger partial charge in [0, 0.05) is 28.4 Å². The van der Waals surface area contributed by atoms with Crippen molar-refractivity contribution in [2.24, 2.45) is 0 Å². The zero-order valence-electron chi connectivity index (χ0n) is 20.0. The van der Waals surface area contributed by atoms with Crippen molar-refractivity contribution < 1.29 is 9.59 Å². The second kappa shape index (κ2) is 13.4. The predicted molar refractivity (Wildman–Crippen MR) is 143 cm³/mol. The van der Waals surface area contributed by atoms with E-state index in [9.17, 15) is 9.59 Å². The monoisotopic (exact) mass is 520 g/mol. The summed E-state index contributed by atoms with van der Waals surface area (Å²) in [5.41, 5.74) is 3.12. The summed E-state index contributed by atoms with van der Waals surface area (Å²) in [4.78, 5) is 28.5. The van der Waals surface area contributed by atoms with Crippen LogP contribution in [-0.2, 0) is 21.9 Å². The molecule has 2 aromatic carbocycles. The van der Waals surface area contributed by atoms with Crippen LogP contribution in [0.15, 0.2) is 42.5 Å². The lowest BCUT2D eigenvalue weighted by Gasteiger charge is -2.33. The zero-order chi connectivity index (χ0) is 24.5. The van der Waals surface area contributed by atoms with Gasteiger partial charge in [0.1, 0.15) is 6.04 Å². The summed E-state index contributed by atoms with van der Waals surface area (Å²) in [6.45, 7) is 4.44. The fourth-order valence-electron chi connectivity index (χ4n) is 4.40. The van der Waals surface area contributed by atoms with E-state index >= 15 is 0 Å². The number of carbonyl (C=O) groups is 2. The topological polar surface area (TPSA) is 49.4 Å². The molecular weight excluding hydrogens is 487 g/mol. The van der Waals surface area contributed by atoms with Crippen LogP contribution in [0, 0.1) is 6.92 Å². The van der Waals surface area contributed by atoms with Gasteiger partial charge in [-0.25, -0.2) is 0 Å². The molecule has 1 N–H and O–H groups in total. The van der Waals surface area contributed by atoms with Gasteiger partial charge >= 0.3 is 0 Å². The lowest BCUT2D eigenvalue weighted by atomic mass is 9.95. The third kappa shape index (κ3) is 7.66. The Bertz CT molecular complexity index is 979. The molecule has 34 heavy (non-hydrogen) atoms. The summed E-state index contributed by atoms with van der Waals surface area (Å²) >= 11 is 13.8. The van der Waals surface area contributed by atoms with Crippen LogP contribution in [0.1, 0.15) is 62.1 Å². The average Bonchev–Trinajstić information content (AvgIpc) is 2.82. The van der Waals surface area contributed by atoms with Crippen LogP contribution >= 0.6 is 35.0 Å². The molecule has 7 heteroatoms. The molecule has 0 heterocycles. The highest BCUT2D eigenvalue weighted by Gasteiger charge is 2.30. The SMILES string of the molecule is CCC(C(=O)NC1CCCCC1)N(Cc1ccccc1C)C(=O)CSCc1ccc(Cl)cc1Cl. The minimum absolute atomic E-state index is 0.0380. The van der Waals surface area contributed by atoms with Gasteiger partial charge in [-0.15, -0.1) is 11.8 Å². The number of hydrogen-bond donors (Lipinski definition) is 1. The molecule has 4 nitrogen and oxygen atoms in total. The first-order chi connectivity index (χ1) is 16.4. The number of halogens is 2. The van der Waals surface area contributed by atoms with Gasteiger partial charge in [-0.05, 0) is 55.0 Å².